The second-order valence-corrected chi connectivity index (χ2v) is 5.95. The molecule has 3 nitrogen and oxygen atoms in total. The van der Waals surface area contributed by atoms with Gasteiger partial charge in [-0.2, -0.15) is 5.10 Å². The summed E-state index contributed by atoms with van der Waals surface area (Å²) in [6.07, 6.45) is 0. The van der Waals surface area contributed by atoms with Crippen LogP contribution in [0.3, 0.4) is 0 Å². The Morgan fingerprint density at radius 2 is 1.88 bits per heavy atom. The van der Waals surface area contributed by atoms with E-state index in [0.717, 1.165) is 16.8 Å². The summed E-state index contributed by atoms with van der Waals surface area (Å²) in [4.78, 5) is 1.29. The summed E-state index contributed by atoms with van der Waals surface area (Å²) in [6, 6.07) is 8.47. The number of benzene rings is 1. The van der Waals surface area contributed by atoms with Crippen molar-refractivity contribution in [1.29, 1.82) is 0 Å². The summed E-state index contributed by atoms with van der Waals surface area (Å²) in [6.45, 7) is 6.36. The molecule has 0 spiro atoms. The fraction of sp³-hybridized carbons (Fsp3) is 0.308. The first kappa shape index (κ1) is 12.0. The van der Waals surface area contributed by atoms with Crippen LogP contribution in [0, 0.1) is 6.92 Å². The number of H-pyrrole nitrogens is 1. The number of hydrogen-bond donors (Lipinski definition) is 2. The first-order valence-electron chi connectivity index (χ1n) is 5.65. The normalized spacial score (nSPS) is 11.1. The molecule has 1 aromatic carbocycles. The predicted octanol–water partition coefficient (Wildman–Crippen LogP) is 3.47. The van der Waals surface area contributed by atoms with Gasteiger partial charge in [-0.25, -0.2) is 0 Å². The van der Waals surface area contributed by atoms with Gasteiger partial charge in [0.15, 0.2) is 0 Å². The van der Waals surface area contributed by atoms with Crippen molar-refractivity contribution in [1.82, 2.24) is 10.2 Å². The topological polar surface area (TPSA) is 54.7 Å². The lowest BCUT2D eigenvalue weighted by atomic mass is 10.1. The summed E-state index contributed by atoms with van der Waals surface area (Å²) >= 11 is 1.86. The van der Waals surface area contributed by atoms with Gasteiger partial charge in [0.1, 0.15) is 5.82 Å². The Morgan fingerprint density at radius 1 is 1.24 bits per heavy atom. The second kappa shape index (κ2) is 4.84. The van der Waals surface area contributed by atoms with Crippen molar-refractivity contribution >= 4 is 17.6 Å². The van der Waals surface area contributed by atoms with E-state index >= 15 is 0 Å². The van der Waals surface area contributed by atoms with Gasteiger partial charge in [0.05, 0.1) is 5.69 Å². The maximum Gasteiger partial charge on any atom is 0.148 e. The minimum Gasteiger partial charge on any atom is -0.382 e. The Balaban J connectivity index is 2.26. The van der Waals surface area contributed by atoms with Crippen LogP contribution in [0.4, 0.5) is 5.82 Å². The summed E-state index contributed by atoms with van der Waals surface area (Å²) in [7, 11) is 0. The van der Waals surface area contributed by atoms with E-state index in [1.807, 2.05) is 18.7 Å². The Labute approximate surface area is 106 Å². The van der Waals surface area contributed by atoms with Crippen molar-refractivity contribution in [3.05, 3.63) is 29.8 Å². The molecule has 3 N–H and O–H groups in total. The molecule has 0 fully saturated rings. The van der Waals surface area contributed by atoms with Crippen LogP contribution in [-0.2, 0) is 0 Å². The highest BCUT2D eigenvalue weighted by Gasteiger charge is 2.08. The minimum absolute atomic E-state index is 0.570. The zero-order valence-corrected chi connectivity index (χ0v) is 11.1. The highest BCUT2D eigenvalue weighted by Crippen LogP contribution is 2.28. The van der Waals surface area contributed by atoms with Gasteiger partial charge >= 0.3 is 0 Å². The molecule has 0 saturated carbocycles. The van der Waals surface area contributed by atoms with Gasteiger partial charge in [-0.15, -0.1) is 11.8 Å². The molecule has 2 aromatic rings. The van der Waals surface area contributed by atoms with E-state index in [-0.39, 0.29) is 0 Å². The molecule has 0 amide bonds. The Bertz CT molecular complexity index is 500. The number of hydrogen-bond acceptors (Lipinski definition) is 3. The quantitative estimate of drug-likeness (QED) is 0.817. The minimum atomic E-state index is 0.570. The largest absolute Gasteiger partial charge is 0.382 e. The SMILES string of the molecule is Cc1c(N)n[nH]c1-c1ccc(SC(C)C)cc1. The predicted molar refractivity (Wildman–Crippen MR) is 74.2 cm³/mol. The van der Waals surface area contributed by atoms with Gasteiger partial charge in [0.25, 0.3) is 0 Å². The lowest BCUT2D eigenvalue weighted by Crippen LogP contribution is -1.87. The third-order valence-electron chi connectivity index (χ3n) is 2.56. The molecule has 17 heavy (non-hydrogen) atoms. The highest BCUT2D eigenvalue weighted by molar-refractivity contribution is 7.99. The average molecular weight is 247 g/mol. The van der Waals surface area contributed by atoms with E-state index in [1.165, 1.54) is 4.90 Å². The average Bonchev–Trinajstić information content (AvgIpc) is 2.60. The van der Waals surface area contributed by atoms with Crippen molar-refractivity contribution in [2.24, 2.45) is 0 Å². The fourth-order valence-corrected chi connectivity index (χ4v) is 2.50. The van der Waals surface area contributed by atoms with Crippen LogP contribution in [0.2, 0.25) is 0 Å². The van der Waals surface area contributed by atoms with Crippen LogP contribution in [0.1, 0.15) is 19.4 Å². The van der Waals surface area contributed by atoms with Crippen molar-refractivity contribution < 1.29 is 0 Å². The number of rotatable bonds is 3. The van der Waals surface area contributed by atoms with Gasteiger partial charge < -0.3 is 5.73 Å². The van der Waals surface area contributed by atoms with E-state index in [4.69, 9.17) is 5.73 Å². The zero-order valence-electron chi connectivity index (χ0n) is 10.3. The number of anilines is 1. The first-order valence-corrected chi connectivity index (χ1v) is 6.53. The monoisotopic (exact) mass is 247 g/mol. The van der Waals surface area contributed by atoms with Gasteiger partial charge in [-0.1, -0.05) is 26.0 Å². The third-order valence-corrected chi connectivity index (χ3v) is 3.58. The Hall–Kier alpha value is -1.42. The molecule has 0 saturated heterocycles. The number of aromatic amines is 1. The van der Waals surface area contributed by atoms with Gasteiger partial charge in [0.2, 0.25) is 0 Å². The first-order chi connectivity index (χ1) is 8.08. The van der Waals surface area contributed by atoms with Crippen LogP contribution < -0.4 is 5.73 Å². The number of aromatic nitrogens is 2. The van der Waals surface area contributed by atoms with E-state index < -0.39 is 0 Å². The molecular weight excluding hydrogens is 230 g/mol. The van der Waals surface area contributed by atoms with Crippen molar-refractivity contribution in [2.75, 3.05) is 5.73 Å². The van der Waals surface area contributed by atoms with E-state index in [9.17, 15) is 0 Å². The molecule has 0 unspecified atom stereocenters. The molecule has 90 valence electrons. The maximum atomic E-state index is 5.73. The van der Waals surface area contributed by atoms with Crippen molar-refractivity contribution in [2.45, 2.75) is 30.9 Å². The molecule has 0 bridgehead atoms. The molecule has 2 rings (SSSR count). The summed E-state index contributed by atoms with van der Waals surface area (Å²) in [5.74, 6) is 0.570. The molecule has 1 heterocycles. The lowest BCUT2D eigenvalue weighted by Gasteiger charge is -2.05. The van der Waals surface area contributed by atoms with Crippen LogP contribution >= 0.6 is 11.8 Å². The number of nitrogens with zero attached hydrogens (tertiary/aromatic N) is 1. The van der Waals surface area contributed by atoms with Gasteiger partial charge in [0, 0.05) is 15.7 Å². The number of nitrogens with two attached hydrogens (primary N) is 1. The summed E-state index contributed by atoms with van der Waals surface area (Å²) < 4.78 is 0. The van der Waals surface area contributed by atoms with Gasteiger partial charge in [-0.3, -0.25) is 5.10 Å². The van der Waals surface area contributed by atoms with Crippen LogP contribution in [0.5, 0.6) is 0 Å². The molecular formula is C13H17N3S. The smallest absolute Gasteiger partial charge is 0.148 e. The molecule has 0 atom stereocenters. The molecule has 0 aliphatic carbocycles. The Kier molecular flexibility index (Phi) is 3.43. The van der Waals surface area contributed by atoms with E-state index in [1.54, 1.807) is 0 Å². The van der Waals surface area contributed by atoms with Crippen molar-refractivity contribution in [3.63, 3.8) is 0 Å². The number of thioether (sulfide) groups is 1. The molecule has 0 aliphatic rings. The number of nitrogens with one attached hydrogen (secondary N) is 1. The standard InChI is InChI=1S/C13H17N3S/c1-8(2)17-11-6-4-10(5-7-11)12-9(3)13(14)16-15-12/h4-8H,1-3H3,(H3,14,15,16). The van der Waals surface area contributed by atoms with Gasteiger partial charge in [-0.05, 0) is 24.6 Å². The maximum absolute atomic E-state index is 5.73. The molecule has 4 heteroatoms. The Morgan fingerprint density at radius 3 is 2.35 bits per heavy atom. The summed E-state index contributed by atoms with van der Waals surface area (Å²) in [5.41, 5.74) is 8.86. The van der Waals surface area contributed by atoms with Crippen LogP contribution in [0.25, 0.3) is 11.3 Å². The van der Waals surface area contributed by atoms with Crippen LogP contribution in [0.15, 0.2) is 29.2 Å². The number of nitrogen functional groups attached to an aromatic ring is 1. The van der Waals surface area contributed by atoms with Crippen LogP contribution in [-0.4, -0.2) is 15.4 Å². The fourth-order valence-electron chi connectivity index (χ4n) is 1.67. The second-order valence-electron chi connectivity index (χ2n) is 4.30. The van der Waals surface area contributed by atoms with Crippen molar-refractivity contribution in [3.8, 4) is 11.3 Å². The molecule has 1 aromatic heterocycles. The zero-order chi connectivity index (χ0) is 12.4. The molecule has 0 aliphatic heterocycles. The molecule has 0 radical (unpaired) electrons. The van der Waals surface area contributed by atoms with E-state index in [0.29, 0.717) is 11.1 Å². The third kappa shape index (κ3) is 2.64. The summed E-state index contributed by atoms with van der Waals surface area (Å²) in [5, 5.41) is 7.58. The highest BCUT2D eigenvalue weighted by atomic mass is 32.2. The van der Waals surface area contributed by atoms with E-state index in [2.05, 4.69) is 48.3 Å². The lowest BCUT2D eigenvalue weighted by molar-refractivity contribution is 1.10.